The third-order valence-electron chi connectivity index (χ3n) is 4.40. The lowest BCUT2D eigenvalue weighted by atomic mass is 10.2. The molecule has 1 amide bonds. The number of aryl methyl sites for hydroxylation is 1. The van der Waals surface area contributed by atoms with Gasteiger partial charge in [-0.3, -0.25) is 9.59 Å². The molecular weight excluding hydrogens is 344 g/mol. The minimum Gasteiger partial charge on any atom is -0.340 e. The number of hydrogen-bond acceptors (Lipinski definition) is 5. The highest BCUT2D eigenvalue weighted by Crippen LogP contribution is 2.15. The zero-order chi connectivity index (χ0) is 19.6. The Morgan fingerprint density at radius 3 is 2.37 bits per heavy atom. The van der Waals surface area contributed by atoms with E-state index < -0.39 is 0 Å². The van der Waals surface area contributed by atoms with E-state index in [9.17, 15) is 9.59 Å². The van der Waals surface area contributed by atoms with Crippen LogP contribution in [0.5, 0.6) is 0 Å². The normalized spacial score (nSPS) is 11.3. The quantitative estimate of drug-likeness (QED) is 0.653. The van der Waals surface area contributed by atoms with Crippen molar-refractivity contribution in [1.29, 1.82) is 0 Å². The van der Waals surface area contributed by atoms with Crippen molar-refractivity contribution in [3.05, 3.63) is 52.4 Å². The minimum atomic E-state index is -0.198. The third kappa shape index (κ3) is 3.90. The molecule has 0 radical (unpaired) electrons. The first-order valence-corrected chi connectivity index (χ1v) is 8.88. The number of nitrogens with zero attached hydrogens (tertiary/aromatic N) is 6. The third-order valence-corrected chi connectivity index (χ3v) is 4.40. The monoisotopic (exact) mass is 368 g/mol. The topological polar surface area (TPSA) is 76.3 Å². The number of likely N-dealkylation sites (N-methyl/N-ethyl adjacent to an activating group) is 2. The second kappa shape index (κ2) is 7.71. The Morgan fingerprint density at radius 1 is 1.04 bits per heavy atom. The van der Waals surface area contributed by atoms with Crippen molar-refractivity contribution < 1.29 is 4.79 Å². The first-order chi connectivity index (χ1) is 12.9. The first-order valence-electron chi connectivity index (χ1n) is 8.88. The predicted octanol–water partition coefficient (Wildman–Crippen LogP) is 1.19. The lowest BCUT2D eigenvalue weighted by Gasteiger charge is -2.19. The Morgan fingerprint density at radius 2 is 1.74 bits per heavy atom. The molecule has 1 aromatic carbocycles. The van der Waals surface area contributed by atoms with Crippen LogP contribution in [-0.2, 0) is 6.54 Å². The molecule has 0 unspecified atom stereocenters. The zero-order valence-electron chi connectivity index (χ0n) is 16.1. The number of benzene rings is 1. The van der Waals surface area contributed by atoms with Gasteiger partial charge in [0.15, 0.2) is 5.69 Å². The van der Waals surface area contributed by atoms with Gasteiger partial charge in [0.2, 0.25) is 0 Å². The van der Waals surface area contributed by atoms with Gasteiger partial charge >= 0.3 is 0 Å². The second-order valence-electron chi connectivity index (χ2n) is 6.69. The molecule has 0 bridgehead atoms. The molecule has 0 aliphatic carbocycles. The molecule has 0 saturated heterocycles. The van der Waals surface area contributed by atoms with Gasteiger partial charge in [-0.05, 0) is 51.4 Å². The average Bonchev–Trinajstić information content (AvgIpc) is 3.01. The Hall–Kier alpha value is -3.00. The molecule has 8 nitrogen and oxygen atoms in total. The highest BCUT2D eigenvalue weighted by Gasteiger charge is 2.17. The van der Waals surface area contributed by atoms with Crippen molar-refractivity contribution in [1.82, 2.24) is 29.4 Å². The standard InChI is InChI=1S/C19H24N6O2/c1-5-24-19(27)17-16(20-24)10-11-25(21-17)15-8-6-14(7-9-15)18(26)23(4)13-12-22(2)3/h6-11H,5,12-13H2,1-4H3. The van der Waals surface area contributed by atoms with Crippen LogP contribution >= 0.6 is 0 Å². The summed E-state index contributed by atoms with van der Waals surface area (Å²) in [5.41, 5.74) is 2.10. The van der Waals surface area contributed by atoms with Gasteiger partial charge in [0, 0.05) is 38.4 Å². The van der Waals surface area contributed by atoms with Gasteiger partial charge in [-0.25, -0.2) is 9.36 Å². The maximum atomic E-state index is 12.5. The van der Waals surface area contributed by atoms with Crippen LogP contribution in [0.15, 0.2) is 41.3 Å². The van der Waals surface area contributed by atoms with Crippen LogP contribution in [0.4, 0.5) is 0 Å². The Labute approximate surface area is 158 Å². The molecule has 0 N–H and O–H groups in total. The number of rotatable bonds is 6. The summed E-state index contributed by atoms with van der Waals surface area (Å²) in [5, 5.41) is 8.62. The predicted molar refractivity (Wildman–Crippen MR) is 103 cm³/mol. The minimum absolute atomic E-state index is 0.0251. The molecule has 27 heavy (non-hydrogen) atoms. The molecule has 0 saturated carbocycles. The summed E-state index contributed by atoms with van der Waals surface area (Å²) in [7, 11) is 5.75. The second-order valence-corrected chi connectivity index (χ2v) is 6.69. The van der Waals surface area contributed by atoms with Crippen molar-refractivity contribution >= 4 is 5.91 Å². The van der Waals surface area contributed by atoms with Crippen molar-refractivity contribution in [3.8, 4) is 17.1 Å². The number of hydrogen-bond donors (Lipinski definition) is 0. The van der Waals surface area contributed by atoms with Crippen LogP contribution in [0.2, 0.25) is 0 Å². The largest absolute Gasteiger partial charge is 0.340 e. The zero-order valence-corrected chi connectivity index (χ0v) is 16.1. The van der Waals surface area contributed by atoms with E-state index in [1.165, 1.54) is 4.68 Å². The molecule has 0 atom stereocenters. The number of carbonyl (C=O) groups excluding carboxylic acids is 1. The van der Waals surface area contributed by atoms with E-state index >= 15 is 0 Å². The van der Waals surface area contributed by atoms with Crippen LogP contribution in [0.1, 0.15) is 17.3 Å². The molecule has 142 valence electrons. The Kier molecular flexibility index (Phi) is 5.36. The van der Waals surface area contributed by atoms with Gasteiger partial charge in [-0.1, -0.05) is 0 Å². The van der Waals surface area contributed by atoms with Crippen LogP contribution in [-0.4, -0.2) is 69.5 Å². The fourth-order valence-corrected chi connectivity index (χ4v) is 2.73. The van der Waals surface area contributed by atoms with Crippen LogP contribution in [0.25, 0.3) is 17.1 Å². The van der Waals surface area contributed by atoms with Crippen molar-refractivity contribution in [3.63, 3.8) is 0 Å². The maximum absolute atomic E-state index is 12.5. The van der Waals surface area contributed by atoms with Gasteiger partial charge < -0.3 is 9.80 Å². The molecule has 2 aliphatic rings. The van der Waals surface area contributed by atoms with Gasteiger partial charge in [-0.2, -0.15) is 10.2 Å². The van der Waals surface area contributed by atoms with Crippen LogP contribution in [0.3, 0.4) is 0 Å². The van der Waals surface area contributed by atoms with E-state index in [-0.39, 0.29) is 11.5 Å². The molecule has 0 fully saturated rings. The molecule has 2 aliphatic heterocycles. The maximum Gasteiger partial charge on any atom is 0.296 e. The summed E-state index contributed by atoms with van der Waals surface area (Å²) < 4.78 is 3.02. The highest BCUT2D eigenvalue weighted by molar-refractivity contribution is 5.94. The fourth-order valence-electron chi connectivity index (χ4n) is 2.73. The average molecular weight is 368 g/mol. The van der Waals surface area contributed by atoms with E-state index in [0.717, 1.165) is 12.2 Å². The molecule has 0 aromatic heterocycles. The highest BCUT2D eigenvalue weighted by atomic mass is 16.2. The summed E-state index contributed by atoms with van der Waals surface area (Å²) in [6.07, 6.45) is 1.76. The Balaban J connectivity index is 1.82. The fraction of sp³-hybridized carbons (Fsp3) is 0.368. The van der Waals surface area contributed by atoms with Crippen LogP contribution < -0.4 is 5.56 Å². The van der Waals surface area contributed by atoms with Gasteiger partial charge in [0.25, 0.3) is 11.5 Å². The van der Waals surface area contributed by atoms with Crippen LogP contribution in [0, 0.1) is 0 Å². The first kappa shape index (κ1) is 18.8. The lowest BCUT2D eigenvalue weighted by Crippen LogP contribution is -2.33. The van der Waals surface area contributed by atoms with Gasteiger partial charge in [0.05, 0.1) is 5.69 Å². The summed E-state index contributed by atoms with van der Waals surface area (Å²) in [4.78, 5) is 28.5. The van der Waals surface area contributed by atoms with E-state index in [1.54, 1.807) is 41.0 Å². The van der Waals surface area contributed by atoms with E-state index in [0.29, 0.717) is 30.0 Å². The van der Waals surface area contributed by atoms with Crippen molar-refractivity contribution in [2.75, 3.05) is 34.2 Å². The summed E-state index contributed by atoms with van der Waals surface area (Å²) in [6.45, 7) is 3.84. The number of fused-ring (bicyclic) bond motifs is 1. The molecular formula is C19H24N6O2. The summed E-state index contributed by atoms with van der Waals surface area (Å²) in [5.74, 6) is -0.0251. The van der Waals surface area contributed by atoms with Crippen molar-refractivity contribution in [2.45, 2.75) is 13.5 Å². The number of carbonyl (C=O) groups is 1. The van der Waals surface area contributed by atoms with Crippen molar-refractivity contribution in [2.24, 2.45) is 0 Å². The molecule has 2 heterocycles. The molecule has 0 spiro atoms. The van der Waals surface area contributed by atoms with E-state index in [1.807, 2.05) is 38.1 Å². The van der Waals surface area contributed by atoms with Gasteiger partial charge in [0.1, 0.15) is 5.69 Å². The van der Waals surface area contributed by atoms with Gasteiger partial charge in [-0.15, -0.1) is 0 Å². The van der Waals surface area contributed by atoms with E-state index in [4.69, 9.17) is 0 Å². The van der Waals surface area contributed by atoms with E-state index in [2.05, 4.69) is 10.2 Å². The smallest absolute Gasteiger partial charge is 0.296 e. The number of amides is 1. The SMILES string of the molecule is CCn1nc2ccn(-c3ccc(C(=O)N(C)CCN(C)C)cc3)nc-2c1=O. The number of aromatic nitrogens is 4. The lowest BCUT2D eigenvalue weighted by molar-refractivity contribution is 0.0786. The molecule has 1 aromatic rings. The summed E-state index contributed by atoms with van der Waals surface area (Å²) in [6, 6.07) is 8.96. The Bertz CT molecular complexity index is 957. The molecule has 3 rings (SSSR count). The molecule has 8 heteroatoms. The summed E-state index contributed by atoms with van der Waals surface area (Å²) >= 11 is 0.